The SMILES string of the molecule is O=C(Nc1cccc2cccnc12)c1ccc(S(=O)(=O)N2CCCCC2)o1. The molecule has 1 aromatic carbocycles. The molecule has 1 aliphatic rings. The second kappa shape index (κ2) is 7.13. The summed E-state index contributed by atoms with van der Waals surface area (Å²) in [4.78, 5) is 16.8. The van der Waals surface area contributed by atoms with E-state index in [1.807, 2.05) is 24.3 Å². The molecule has 3 heterocycles. The van der Waals surface area contributed by atoms with Crippen molar-refractivity contribution in [3.05, 3.63) is 54.4 Å². The first kappa shape index (κ1) is 17.7. The van der Waals surface area contributed by atoms with Crippen LogP contribution in [0.1, 0.15) is 29.8 Å². The van der Waals surface area contributed by atoms with Crippen LogP contribution in [0.3, 0.4) is 0 Å². The Morgan fingerprint density at radius 3 is 2.63 bits per heavy atom. The lowest BCUT2D eigenvalue weighted by molar-refractivity contribution is 0.0991. The van der Waals surface area contributed by atoms with Crippen LogP contribution in [-0.2, 0) is 10.0 Å². The number of rotatable bonds is 4. The maximum atomic E-state index is 12.6. The molecule has 0 radical (unpaired) electrons. The number of para-hydroxylation sites is 1. The zero-order valence-corrected chi connectivity index (χ0v) is 15.4. The van der Waals surface area contributed by atoms with Crippen LogP contribution in [-0.4, -0.2) is 36.7 Å². The van der Waals surface area contributed by atoms with Crippen LogP contribution in [0.25, 0.3) is 10.9 Å². The molecule has 1 saturated heterocycles. The van der Waals surface area contributed by atoms with Crippen LogP contribution in [0.4, 0.5) is 5.69 Å². The number of sulfonamides is 1. The average molecular weight is 385 g/mol. The fraction of sp³-hybridized carbons (Fsp3) is 0.263. The molecule has 0 saturated carbocycles. The summed E-state index contributed by atoms with van der Waals surface area (Å²) in [5, 5.41) is 3.43. The molecule has 140 valence electrons. The monoisotopic (exact) mass is 385 g/mol. The highest BCUT2D eigenvalue weighted by atomic mass is 32.2. The molecule has 1 fully saturated rings. The number of carbonyl (C=O) groups is 1. The molecule has 0 unspecified atom stereocenters. The minimum atomic E-state index is -3.71. The summed E-state index contributed by atoms with van der Waals surface area (Å²) in [5.74, 6) is -0.577. The highest BCUT2D eigenvalue weighted by Gasteiger charge is 2.29. The van der Waals surface area contributed by atoms with E-state index in [2.05, 4.69) is 10.3 Å². The van der Waals surface area contributed by atoms with Crippen molar-refractivity contribution >= 4 is 32.5 Å². The first-order valence-corrected chi connectivity index (χ1v) is 10.2. The van der Waals surface area contributed by atoms with Gasteiger partial charge in [-0.05, 0) is 37.1 Å². The molecule has 2 aromatic heterocycles. The molecule has 0 aliphatic carbocycles. The van der Waals surface area contributed by atoms with Crippen LogP contribution >= 0.6 is 0 Å². The average Bonchev–Trinajstić information content (AvgIpc) is 3.20. The van der Waals surface area contributed by atoms with Gasteiger partial charge in [-0.3, -0.25) is 9.78 Å². The fourth-order valence-electron chi connectivity index (χ4n) is 3.20. The summed E-state index contributed by atoms with van der Waals surface area (Å²) in [6.07, 6.45) is 4.34. The molecule has 4 rings (SSSR count). The minimum Gasteiger partial charge on any atom is -0.438 e. The van der Waals surface area contributed by atoms with Crippen molar-refractivity contribution in [3.8, 4) is 0 Å². The Hall–Kier alpha value is -2.71. The Bertz CT molecular complexity index is 1080. The number of aromatic nitrogens is 1. The van der Waals surface area contributed by atoms with E-state index < -0.39 is 15.9 Å². The van der Waals surface area contributed by atoms with Crippen LogP contribution in [0, 0.1) is 0 Å². The third-order valence-corrected chi connectivity index (χ3v) is 6.37. The standard InChI is InChI=1S/C19H19N3O4S/c23-19(21-15-8-4-6-14-7-5-11-20-18(14)15)16-9-10-17(26-16)27(24,25)22-12-2-1-3-13-22/h4-11H,1-3,12-13H2,(H,21,23). The Morgan fingerprint density at radius 2 is 1.81 bits per heavy atom. The molecule has 27 heavy (non-hydrogen) atoms. The smallest absolute Gasteiger partial charge is 0.291 e. The first-order chi connectivity index (χ1) is 13.1. The topological polar surface area (TPSA) is 92.5 Å². The van der Waals surface area contributed by atoms with Gasteiger partial charge < -0.3 is 9.73 Å². The van der Waals surface area contributed by atoms with Gasteiger partial charge in [0.25, 0.3) is 15.9 Å². The van der Waals surface area contributed by atoms with Crippen molar-refractivity contribution in [3.63, 3.8) is 0 Å². The van der Waals surface area contributed by atoms with Gasteiger partial charge in [-0.25, -0.2) is 8.42 Å². The third-order valence-electron chi connectivity index (χ3n) is 4.60. The maximum absolute atomic E-state index is 12.6. The van der Waals surface area contributed by atoms with Crippen molar-refractivity contribution in [2.24, 2.45) is 0 Å². The minimum absolute atomic E-state index is 0.0569. The number of amides is 1. The van der Waals surface area contributed by atoms with E-state index in [9.17, 15) is 13.2 Å². The van der Waals surface area contributed by atoms with Gasteiger partial charge in [0.05, 0.1) is 11.2 Å². The van der Waals surface area contributed by atoms with Crippen LogP contribution in [0.5, 0.6) is 0 Å². The summed E-state index contributed by atoms with van der Waals surface area (Å²) >= 11 is 0. The Balaban J connectivity index is 1.57. The molecule has 7 nitrogen and oxygen atoms in total. The maximum Gasteiger partial charge on any atom is 0.291 e. The van der Waals surface area contributed by atoms with Gasteiger partial charge in [0.2, 0.25) is 5.09 Å². The predicted molar refractivity (Wildman–Crippen MR) is 101 cm³/mol. The molecular weight excluding hydrogens is 366 g/mol. The lowest BCUT2D eigenvalue weighted by Gasteiger charge is -2.24. The normalized spacial score (nSPS) is 15.7. The lowest BCUT2D eigenvalue weighted by Crippen LogP contribution is -2.35. The molecule has 0 spiro atoms. The summed E-state index contributed by atoms with van der Waals surface area (Å²) in [5.41, 5.74) is 1.19. The highest BCUT2D eigenvalue weighted by Crippen LogP contribution is 2.24. The number of benzene rings is 1. The van der Waals surface area contributed by atoms with Crippen molar-refractivity contribution in [1.29, 1.82) is 0 Å². The van der Waals surface area contributed by atoms with Crippen LogP contribution in [0.2, 0.25) is 0 Å². The summed E-state index contributed by atoms with van der Waals surface area (Å²) in [7, 11) is -3.71. The second-order valence-electron chi connectivity index (χ2n) is 6.42. The van der Waals surface area contributed by atoms with Crippen molar-refractivity contribution in [1.82, 2.24) is 9.29 Å². The number of carbonyl (C=O) groups excluding carboxylic acids is 1. The number of hydrogen-bond acceptors (Lipinski definition) is 5. The van der Waals surface area contributed by atoms with Gasteiger partial charge in [0, 0.05) is 24.7 Å². The molecule has 1 N–H and O–H groups in total. The summed E-state index contributed by atoms with van der Waals surface area (Å²) in [6.45, 7) is 0.957. The Labute approximate surface area is 157 Å². The number of piperidine rings is 1. The van der Waals surface area contributed by atoms with Gasteiger partial charge in [0.15, 0.2) is 5.76 Å². The van der Waals surface area contributed by atoms with Gasteiger partial charge in [-0.2, -0.15) is 4.31 Å². The van der Waals surface area contributed by atoms with Crippen LogP contribution < -0.4 is 5.32 Å². The largest absolute Gasteiger partial charge is 0.438 e. The van der Waals surface area contributed by atoms with E-state index in [0.29, 0.717) is 24.3 Å². The quantitative estimate of drug-likeness (QED) is 0.744. The number of anilines is 1. The molecule has 8 heteroatoms. The first-order valence-electron chi connectivity index (χ1n) is 8.81. The van der Waals surface area contributed by atoms with Gasteiger partial charge in [-0.15, -0.1) is 0 Å². The number of nitrogens with one attached hydrogen (secondary N) is 1. The van der Waals surface area contributed by atoms with Crippen molar-refractivity contribution in [2.75, 3.05) is 18.4 Å². The van der Waals surface area contributed by atoms with Crippen molar-refractivity contribution < 1.29 is 17.6 Å². The van der Waals surface area contributed by atoms with E-state index in [1.165, 1.54) is 16.4 Å². The molecule has 1 aliphatic heterocycles. The third kappa shape index (κ3) is 3.45. The van der Waals surface area contributed by atoms with Crippen molar-refractivity contribution in [2.45, 2.75) is 24.4 Å². The fourth-order valence-corrected chi connectivity index (χ4v) is 4.63. The van der Waals surface area contributed by atoms with Gasteiger partial charge >= 0.3 is 0 Å². The number of fused-ring (bicyclic) bond motifs is 1. The highest BCUT2D eigenvalue weighted by molar-refractivity contribution is 7.89. The lowest BCUT2D eigenvalue weighted by atomic mass is 10.2. The summed E-state index contributed by atoms with van der Waals surface area (Å²) in [6, 6.07) is 11.9. The zero-order chi connectivity index (χ0) is 18.9. The molecular formula is C19H19N3O4S. The molecule has 3 aromatic rings. The predicted octanol–water partition coefficient (Wildman–Crippen LogP) is 3.25. The molecule has 0 atom stereocenters. The van der Waals surface area contributed by atoms with E-state index in [0.717, 1.165) is 24.6 Å². The van der Waals surface area contributed by atoms with E-state index in [1.54, 1.807) is 12.3 Å². The Kier molecular flexibility index (Phi) is 4.67. The van der Waals surface area contributed by atoms with Gasteiger partial charge in [-0.1, -0.05) is 24.6 Å². The number of nitrogens with zero attached hydrogens (tertiary/aromatic N) is 2. The summed E-state index contributed by atoms with van der Waals surface area (Å²) < 4.78 is 32.1. The number of pyridine rings is 1. The van der Waals surface area contributed by atoms with Gasteiger partial charge in [0.1, 0.15) is 0 Å². The zero-order valence-electron chi connectivity index (χ0n) is 14.6. The van der Waals surface area contributed by atoms with E-state index in [-0.39, 0.29) is 10.9 Å². The van der Waals surface area contributed by atoms with Crippen LogP contribution in [0.15, 0.2) is 58.2 Å². The molecule has 1 amide bonds. The Morgan fingerprint density at radius 1 is 1.04 bits per heavy atom. The van der Waals surface area contributed by atoms with E-state index in [4.69, 9.17) is 4.42 Å². The van der Waals surface area contributed by atoms with E-state index >= 15 is 0 Å². The number of hydrogen-bond donors (Lipinski definition) is 1. The molecule has 0 bridgehead atoms. The number of furan rings is 1. The second-order valence-corrected chi connectivity index (χ2v) is 8.29.